The van der Waals surface area contributed by atoms with Crippen molar-refractivity contribution in [3.8, 4) is 0 Å². The summed E-state index contributed by atoms with van der Waals surface area (Å²) in [7, 11) is 4.91. The highest BCUT2D eigenvalue weighted by Crippen LogP contribution is 2.38. The van der Waals surface area contributed by atoms with Gasteiger partial charge in [-0.3, -0.25) is 9.59 Å². The zero-order valence-corrected chi connectivity index (χ0v) is 13.8. The molecule has 2 amide bonds. The monoisotopic (exact) mass is 322 g/mol. The molecule has 6 heteroatoms. The van der Waals surface area contributed by atoms with Gasteiger partial charge in [-0.25, -0.2) is 4.39 Å². The third kappa shape index (κ3) is 3.69. The fourth-order valence-corrected chi connectivity index (χ4v) is 3.10. The highest BCUT2D eigenvalue weighted by atomic mass is 19.1. The molecule has 2 atom stereocenters. The molecule has 2 rings (SSSR count). The summed E-state index contributed by atoms with van der Waals surface area (Å²) in [5, 5.41) is 0. The lowest BCUT2D eigenvalue weighted by molar-refractivity contribution is -0.147. The van der Waals surface area contributed by atoms with Crippen molar-refractivity contribution < 1.29 is 18.7 Å². The third-order valence-electron chi connectivity index (χ3n) is 4.22. The Morgan fingerprint density at radius 1 is 1.39 bits per heavy atom. The third-order valence-corrected chi connectivity index (χ3v) is 4.22. The smallest absolute Gasteiger partial charge is 0.227 e. The van der Waals surface area contributed by atoms with E-state index in [1.807, 2.05) is 0 Å². The molecule has 0 bridgehead atoms. The maximum Gasteiger partial charge on any atom is 0.227 e. The minimum Gasteiger partial charge on any atom is -0.383 e. The van der Waals surface area contributed by atoms with Crippen molar-refractivity contribution in [2.45, 2.75) is 18.9 Å². The lowest BCUT2D eigenvalue weighted by Gasteiger charge is -2.41. The molecule has 1 heterocycles. The van der Waals surface area contributed by atoms with Crippen LogP contribution in [0.3, 0.4) is 0 Å². The molecule has 0 N–H and O–H groups in total. The van der Waals surface area contributed by atoms with Crippen molar-refractivity contribution in [1.29, 1.82) is 0 Å². The molecule has 5 nitrogen and oxygen atoms in total. The van der Waals surface area contributed by atoms with E-state index >= 15 is 0 Å². The van der Waals surface area contributed by atoms with E-state index < -0.39 is 17.8 Å². The van der Waals surface area contributed by atoms with Crippen molar-refractivity contribution in [3.05, 3.63) is 35.6 Å². The summed E-state index contributed by atoms with van der Waals surface area (Å²) in [5.41, 5.74) is 0.386. The van der Waals surface area contributed by atoms with E-state index in [0.717, 1.165) is 0 Å². The van der Waals surface area contributed by atoms with E-state index in [1.165, 1.54) is 11.0 Å². The standard InChI is InChI=1S/C17H23FN2O3/c1-19(2)17(22)13-8-9-15(21)20(10-11-23-3)16(13)12-6-4-5-7-14(12)18/h4-7,13,16H,8-11H2,1-3H3/t13-,16+/m1/s1. The van der Waals surface area contributed by atoms with Crippen LogP contribution < -0.4 is 0 Å². The van der Waals surface area contributed by atoms with Crippen LogP contribution in [0.4, 0.5) is 4.39 Å². The van der Waals surface area contributed by atoms with Crippen LogP contribution in [-0.2, 0) is 14.3 Å². The summed E-state index contributed by atoms with van der Waals surface area (Å²) in [5.74, 6) is -1.01. The highest BCUT2D eigenvalue weighted by molar-refractivity contribution is 5.84. The Labute approximate surface area is 136 Å². The van der Waals surface area contributed by atoms with Crippen molar-refractivity contribution in [3.63, 3.8) is 0 Å². The Kier molecular flexibility index (Phi) is 5.71. The topological polar surface area (TPSA) is 49.9 Å². The Hall–Kier alpha value is -1.95. The maximum absolute atomic E-state index is 14.3. The number of amides is 2. The van der Waals surface area contributed by atoms with Crippen LogP contribution in [-0.4, -0.2) is 56.0 Å². The molecule has 1 aliphatic rings. The number of likely N-dealkylation sites (tertiary alicyclic amines) is 1. The van der Waals surface area contributed by atoms with E-state index in [9.17, 15) is 14.0 Å². The average Bonchev–Trinajstić information content (AvgIpc) is 2.53. The zero-order valence-electron chi connectivity index (χ0n) is 13.8. The van der Waals surface area contributed by atoms with Crippen LogP contribution in [0.15, 0.2) is 24.3 Å². The summed E-state index contributed by atoms with van der Waals surface area (Å²) < 4.78 is 19.4. The lowest BCUT2D eigenvalue weighted by Crippen LogP contribution is -2.49. The lowest BCUT2D eigenvalue weighted by atomic mass is 9.83. The molecule has 1 aliphatic heterocycles. The zero-order chi connectivity index (χ0) is 17.0. The molecule has 23 heavy (non-hydrogen) atoms. The minimum atomic E-state index is -0.595. The molecule has 126 valence electrons. The number of hydrogen-bond acceptors (Lipinski definition) is 3. The van der Waals surface area contributed by atoms with Crippen molar-refractivity contribution in [1.82, 2.24) is 9.80 Å². The van der Waals surface area contributed by atoms with Gasteiger partial charge in [0.05, 0.1) is 18.6 Å². The molecule has 0 unspecified atom stereocenters. The number of ether oxygens (including phenoxy) is 1. The number of piperidine rings is 1. The van der Waals surface area contributed by atoms with Crippen molar-refractivity contribution in [2.75, 3.05) is 34.4 Å². The highest BCUT2D eigenvalue weighted by Gasteiger charge is 2.41. The van der Waals surface area contributed by atoms with Gasteiger partial charge < -0.3 is 14.5 Å². The van der Waals surface area contributed by atoms with Gasteiger partial charge in [0.2, 0.25) is 11.8 Å². The summed E-state index contributed by atoms with van der Waals surface area (Å²) in [6, 6.07) is 5.74. The Morgan fingerprint density at radius 2 is 2.09 bits per heavy atom. The largest absolute Gasteiger partial charge is 0.383 e. The second-order valence-electron chi connectivity index (χ2n) is 5.92. The molecule has 0 saturated carbocycles. The minimum absolute atomic E-state index is 0.0712. The molecule has 0 radical (unpaired) electrons. The molecular weight excluding hydrogens is 299 g/mol. The first-order valence-electron chi connectivity index (χ1n) is 7.71. The number of benzene rings is 1. The van der Waals surface area contributed by atoms with E-state index in [1.54, 1.807) is 44.3 Å². The summed E-state index contributed by atoms with van der Waals surface area (Å²) in [6.07, 6.45) is 0.719. The number of halogens is 1. The Morgan fingerprint density at radius 3 is 2.70 bits per heavy atom. The van der Waals surface area contributed by atoms with Gasteiger partial charge in [0.1, 0.15) is 5.82 Å². The van der Waals surface area contributed by atoms with Gasteiger partial charge in [0.25, 0.3) is 0 Å². The van der Waals surface area contributed by atoms with E-state index in [2.05, 4.69) is 0 Å². The number of carbonyl (C=O) groups is 2. The maximum atomic E-state index is 14.3. The molecule has 0 aliphatic carbocycles. The predicted octanol–water partition coefficient (Wildman–Crippen LogP) is 1.84. The second-order valence-corrected chi connectivity index (χ2v) is 5.92. The first-order valence-corrected chi connectivity index (χ1v) is 7.71. The number of rotatable bonds is 5. The van der Waals surface area contributed by atoms with Gasteiger partial charge >= 0.3 is 0 Å². The van der Waals surface area contributed by atoms with E-state index in [-0.39, 0.29) is 11.8 Å². The van der Waals surface area contributed by atoms with Crippen LogP contribution in [0.2, 0.25) is 0 Å². The van der Waals surface area contributed by atoms with Gasteiger partial charge in [-0.1, -0.05) is 18.2 Å². The molecule has 0 spiro atoms. The first-order chi connectivity index (χ1) is 11.0. The first kappa shape index (κ1) is 17.4. The molecule has 1 fully saturated rings. The number of hydrogen-bond donors (Lipinski definition) is 0. The number of carbonyl (C=O) groups excluding carboxylic acids is 2. The van der Waals surface area contributed by atoms with Gasteiger partial charge in [-0.05, 0) is 12.5 Å². The van der Waals surface area contributed by atoms with Crippen LogP contribution in [0.5, 0.6) is 0 Å². The fraction of sp³-hybridized carbons (Fsp3) is 0.529. The van der Waals surface area contributed by atoms with Gasteiger partial charge in [0.15, 0.2) is 0 Å². The van der Waals surface area contributed by atoms with Crippen molar-refractivity contribution >= 4 is 11.8 Å². The van der Waals surface area contributed by atoms with Gasteiger partial charge in [-0.2, -0.15) is 0 Å². The predicted molar refractivity (Wildman–Crippen MR) is 84.1 cm³/mol. The number of methoxy groups -OCH3 is 1. The van der Waals surface area contributed by atoms with Crippen LogP contribution >= 0.6 is 0 Å². The van der Waals surface area contributed by atoms with Crippen LogP contribution in [0.25, 0.3) is 0 Å². The fourth-order valence-electron chi connectivity index (χ4n) is 3.10. The quantitative estimate of drug-likeness (QED) is 0.831. The van der Waals surface area contributed by atoms with Crippen LogP contribution in [0.1, 0.15) is 24.4 Å². The van der Waals surface area contributed by atoms with E-state index in [0.29, 0.717) is 31.6 Å². The second kappa shape index (κ2) is 7.55. The molecule has 1 aromatic carbocycles. The molecule has 1 aromatic rings. The van der Waals surface area contributed by atoms with Gasteiger partial charge in [-0.15, -0.1) is 0 Å². The Balaban J connectivity index is 2.44. The average molecular weight is 322 g/mol. The molecule has 0 aromatic heterocycles. The Bertz CT molecular complexity index is 577. The normalized spacial score (nSPS) is 21.4. The summed E-state index contributed by atoms with van der Waals surface area (Å²) in [6.45, 7) is 0.686. The molecular formula is C17H23FN2O3. The van der Waals surface area contributed by atoms with Crippen LogP contribution in [0, 0.1) is 11.7 Å². The number of nitrogens with zero attached hydrogens (tertiary/aromatic N) is 2. The molecule has 1 saturated heterocycles. The van der Waals surface area contributed by atoms with E-state index in [4.69, 9.17) is 4.74 Å². The van der Waals surface area contributed by atoms with Crippen molar-refractivity contribution in [2.24, 2.45) is 5.92 Å². The SMILES string of the molecule is COCCN1C(=O)CC[C@@H](C(=O)N(C)C)[C@@H]1c1ccccc1F. The van der Waals surface area contributed by atoms with Gasteiger partial charge in [0, 0.05) is 39.7 Å². The summed E-state index contributed by atoms with van der Waals surface area (Å²) >= 11 is 0. The summed E-state index contributed by atoms with van der Waals surface area (Å²) in [4.78, 5) is 28.0.